The van der Waals surface area contributed by atoms with Crippen molar-refractivity contribution in [1.82, 2.24) is 4.31 Å². The first-order valence-electron chi connectivity index (χ1n) is 8.38. The minimum atomic E-state index is -3.46. The lowest BCUT2D eigenvalue weighted by atomic mass is 9.79. The summed E-state index contributed by atoms with van der Waals surface area (Å²) in [6, 6.07) is 6.64. The van der Waals surface area contributed by atoms with Gasteiger partial charge < -0.3 is 5.32 Å². The molecule has 1 saturated heterocycles. The van der Waals surface area contributed by atoms with Gasteiger partial charge in [0.15, 0.2) is 0 Å². The van der Waals surface area contributed by atoms with E-state index in [1.165, 1.54) is 13.3 Å². The second-order valence-corrected chi connectivity index (χ2v) is 8.47. The fraction of sp³-hybridized carbons (Fsp3) is 0.588. The van der Waals surface area contributed by atoms with Crippen LogP contribution in [0.3, 0.4) is 0 Å². The third-order valence-electron chi connectivity index (χ3n) is 4.97. The summed E-state index contributed by atoms with van der Waals surface area (Å²) in [5, 5.41) is 2.66. The van der Waals surface area contributed by atoms with Gasteiger partial charge in [-0.05, 0) is 55.9 Å². The molecule has 0 unspecified atom stereocenters. The Bertz CT molecular complexity index is 668. The highest BCUT2D eigenvalue weighted by atomic mass is 32.2. The van der Waals surface area contributed by atoms with Gasteiger partial charge in [-0.3, -0.25) is 4.79 Å². The number of hydrogen-bond acceptors (Lipinski definition) is 3. The fourth-order valence-corrected chi connectivity index (χ4v) is 5.68. The summed E-state index contributed by atoms with van der Waals surface area (Å²) < 4.78 is 27.8. The predicted molar refractivity (Wildman–Crippen MR) is 89.6 cm³/mol. The van der Waals surface area contributed by atoms with Crippen molar-refractivity contribution < 1.29 is 13.2 Å². The number of nitrogens with one attached hydrogen (secondary N) is 1. The largest absolute Gasteiger partial charge is 0.326 e. The zero-order chi connectivity index (χ0) is 16.4. The van der Waals surface area contributed by atoms with Crippen molar-refractivity contribution in [3.05, 3.63) is 24.3 Å². The molecule has 1 saturated carbocycles. The van der Waals surface area contributed by atoms with Crippen molar-refractivity contribution in [3.63, 3.8) is 0 Å². The highest BCUT2D eigenvalue weighted by Gasteiger charge is 2.39. The van der Waals surface area contributed by atoms with E-state index in [1.54, 1.807) is 28.6 Å². The number of rotatable bonds is 3. The average molecular weight is 336 g/mol. The molecule has 1 aromatic carbocycles. The molecule has 2 fully saturated rings. The Hall–Kier alpha value is -1.40. The van der Waals surface area contributed by atoms with E-state index in [0.717, 1.165) is 32.1 Å². The summed E-state index contributed by atoms with van der Waals surface area (Å²) in [6.45, 7) is 2.05. The van der Waals surface area contributed by atoms with E-state index in [2.05, 4.69) is 5.32 Å². The van der Waals surface area contributed by atoms with E-state index >= 15 is 0 Å². The summed E-state index contributed by atoms with van der Waals surface area (Å²) in [5.74, 6) is 0.354. The van der Waals surface area contributed by atoms with Gasteiger partial charge in [-0.25, -0.2) is 8.42 Å². The van der Waals surface area contributed by atoms with Crippen LogP contribution in [0.4, 0.5) is 5.69 Å². The Labute approximate surface area is 138 Å². The monoisotopic (exact) mass is 336 g/mol. The first-order valence-corrected chi connectivity index (χ1v) is 9.82. The molecular weight excluding hydrogens is 312 g/mol. The van der Waals surface area contributed by atoms with Gasteiger partial charge in [-0.15, -0.1) is 0 Å². The third kappa shape index (κ3) is 3.43. The second kappa shape index (κ2) is 6.61. The van der Waals surface area contributed by atoms with Gasteiger partial charge in [0, 0.05) is 25.2 Å². The molecule has 2 aliphatic rings. The molecule has 3 rings (SSSR count). The molecule has 1 aliphatic carbocycles. The Balaban J connectivity index is 1.83. The molecule has 2 atom stereocenters. The van der Waals surface area contributed by atoms with Gasteiger partial charge in [0.25, 0.3) is 0 Å². The Kier molecular flexibility index (Phi) is 4.73. The predicted octanol–water partition coefficient (Wildman–Crippen LogP) is 2.99. The smallest absolute Gasteiger partial charge is 0.243 e. The van der Waals surface area contributed by atoms with E-state index in [9.17, 15) is 13.2 Å². The van der Waals surface area contributed by atoms with Crippen LogP contribution in [-0.2, 0) is 14.8 Å². The summed E-state index contributed by atoms with van der Waals surface area (Å²) in [5.41, 5.74) is 0.616. The van der Waals surface area contributed by atoms with Gasteiger partial charge in [0.05, 0.1) is 4.90 Å². The van der Waals surface area contributed by atoms with E-state index in [1.807, 2.05) is 0 Å². The molecule has 126 valence electrons. The van der Waals surface area contributed by atoms with Gasteiger partial charge >= 0.3 is 0 Å². The highest BCUT2D eigenvalue weighted by Crippen LogP contribution is 2.38. The van der Waals surface area contributed by atoms with Crippen LogP contribution in [0.2, 0.25) is 0 Å². The summed E-state index contributed by atoms with van der Waals surface area (Å²) in [6.07, 6.45) is 6.57. The molecule has 0 aromatic heterocycles. The number of carbonyl (C=O) groups is 1. The maximum absolute atomic E-state index is 13.0. The number of hydrogen-bond donors (Lipinski definition) is 1. The summed E-state index contributed by atoms with van der Waals surface area (Å²) >= 11 is 0. The molecule has 23 heavy (non-hydrogen) atoms. The molecule has 0 bridgehead atoms. The molecule has 0 spiro atoms. The van der Waals surface area contributed by atoms with Gasteiger partial charge in [-0.2, -0.15) is 4.31 Å². The molecule has 1 heterocycles. The maximum Gasteiger partial charge on any atom is 0.243 e. The van der Waals surface area contributed by atoms with Crippen molar-refractivity contribution in [3.8, 4) is 0 Å². The van der Waals surface area contributed by atoms with E-state index in [0.29, 0.717) is 23.0 Å². The van der Waals surface area contributed by atoms with Crippen molar-refractivity contribution >= 4 is 21.6 Å². The van der Waals surface area contributed by atoms with Crippen LogP contribution >= 0.6 is 0 Å². The molecule has 5 nitrogen and oxygen atoms in total. The first kappa shape index (κ1) is 16.5. The standard InChI is InChI=1S/C17H24N2O3S/c1-13(20)18-15-8-10-16(11-9-15)23(21,22)19-12-4-6-14-5-2-3-7-17(14)19/h8-11,14,17H,2-7,12H2,1H3,(H,18,20)/t14-,17-/m0/s1. The fourth-order valence-electron chi connectivity index (χ4n) is 3.93. The van der Waals surface area contributed by atoms with Crippen molar-refractivity contribution in [2.75, 3.05) is 11.9 Å². The molecular formula is C17H24N2O3S. The molecule has 1 aromatic rings. The Morgan fingerprint density at radius 2 is 1.74 bits per heavy atom. The minimum absolute atomic E-state index is 0.164. The van der Waals surface area contributed by atoms with Gasteiger partial charge in [0.2, 0.25) is 15.9 Å². The molecule has 1 N–H and O–H groups in total. The molecule has 6 heteroatoms. The number of fused-ring (bicyclic) bond motifs is 1. The van der Waals surface area contributed by atoms with Gasteiger partial charge in [-0.1, -0.05) is 12.8 Å². The zero-order valence-corrected chi connectivity index (χ0v) is 14.3. The van der Waals surface area contributed by atoms with Crippen LogP contribution < -0.4 is 5.32 Å². The van der Waals surface area contributed by atoms with Crippen molar-refractivity contribution in [2.45, 2.75) is 56.4 Å². The lowest BCUT2D eigenvalue weighted by molar-refractivity contribution is -0.114. The van der Waals surface area contributed by atoms with Crippen LogP contribution in [0.5, 0.6) is 0 Å². The van der Waals surface area contributed by atoms with Gasteiger partial charge in [0.1, 0.15) is 0 Å². The molecule has 1 aliphatic heterocycles. The number of piperidine rings is 1. The topological polar surface area (TPSA) is 66.5 Å². The van der Waals surface area contributed by atoms with E-state index < -0.39 is 10.0 Å². The molecule has 0 radical (unpaired) electrons. The van der Waals surface area contributed by atoms with Crippen LogP contribution in [0, 0.1) is 5.92 Å². The van der Waals surface area contributed by atoms with E-state index in [4.69, 9.17) is 0 Å². The van der Waals surface area contributed by atoms with Crippen molar-refractivity contribution in [2.24, 2.45) is 5.92 Å². The normalized spacial score (nSPS) is 25.6. The minimum Gasteiger partial charge on any atom is -0.326 e. The quantitative estimate of drug-likeness (QED) is 0.923. The maximum atomic E-state index is 13.0. The molecule has 1 amide bonds. The second-order valence-electron chi connectivity index (χ2n) is 6.58. The third-order valence-corrected chi connectivity index (χ3v) is 6.91. The van der Waals surface area contributed by atoms with Crippen molar-refractivity contribution in [1.29, 1.82) is 0 Å². The number of anilines is 1. The number of benzene rings is 1. The number of amides is 1. The summed E-state index contributed by atoms with van der Waals surface area (Å²) in [4.78, 5) is 11.4. The number of carbonyl (C=O) groups excluding carboxylic acids is 1. The van der Waals surface area contributed by atoms with E-state index in [-0.39, 0.29) is 11.9 Å². The SMILES string of the molecule is CC(=O)Nc1ccc(S(=O)(=O)N2CCC[C@@H]3CCCC[C@@H]32)cc1. The number of sulfonamides is 1. The Morgan fingerprint density at radius 1 is 1.09 bits per heavy atom. The first-order chi connectivity index (χ1) is 11.0. The lowest BCUT2D eigenvalue weighted by Crippen LogP contribution is -2.49. The average Bonchev–Trinajstić information content (AvgIpc) is 2.54. The Morgan fingerprint density at radius 3 is 2.43 bits per heavy atom. The van der Waals surface area contributed by atoms with Crippen LogP contribution in [-0.4, -0.2) is 31.2 Å². The summed E-state index contributed by atoms with van der Waals surface area (Å²) in [7, 11) is -3.46. The lowest BCUT2D eigenvalue weighted by Gasteiger charge is -2.43. The van der Waals surface area contributed by atoms with Crippen LogP contribution in [0.25, 0.3) is 0 Å². The zero-order valence-electron chi connectivity index (χ0n) is 13.5. The number of nitrogens with zero attached hydrogens (tertiary/aromatic N) is 1. The van der Waals surface area contributed by atoms with Crippen LogP contribution in [0.1, 0.15) is 45.4 Å². The van der Waals surface area contributed by atoms with Crippen LogP contribution in [0.15, 0.2) is 29.2 Å². The highest BCUT2D eigenvalue weighted by molar-refractivity contribution is 7.89.